The molecule has 1 heterocycles. The lowest BCUT2D eigenvalue weighted by Gasteiger charge is -2.38. The van der Waals surface area contributed by atoms with Crippen LogP contribution in [0.5, 0.6) is 0 Å². The van der Waals surface area contributed by atoms with Crippen molar-refractivity contribution in [3.05, 3.63) is 0 Å². The number of cyclic esters (lactones) is 1. The van der Waals surface area contributed by atoms with Crippen LogP contribution in [0.3, 0.4) is 0 Å². The minimum atomic E-state index is -0.406. The Hall–Kier alpha value is -1.06. The second kappa shape index (κ2) is 6.51. The standard InChI is InChI=1S/C10H17NO3.C2H6/c1-5(2)4-7-8(14-10(7)13)6(3)9(11)12;1-2/h5-8H,4H2,1-3H3,(H2,11,12);1-2H3. The maximum Gasteiger partial charge on any atom is 0.313 e. The van der Waals surface area contributed by atoms with Gasteiger partial charge in [-0.25, -0.2) is 0 Å². The first-order valence-electron chi connectivity index (χ1n) is 5.93. The largest absolute Gasteiger partial charge is 0.460 e. The van der Waals surface area contributed by atoms with E-state index in [1.165, 1.54) is 0 Å². The van der Waals surface area contributed by atoms with Gasteiger partial charge in [0.2, 0.25) is 5.91 Å². The Balaban J connectivity index is 0.00000106. The molecule has 1 aliphatic heterocycles. The smallest absolute Gasteiger partial charge is 0.313 e. The van der Waals surface area contributed by atoms with Crippen LogP contribution in [0.15, 0.2) is 0 Å². The number of esters is 1. The number of rotatable bonds is 4. The summed E-state index contributed by atoms with van der Waals surface area (Å²) in [5, 5.41) is 0. The van der Waals surface area contributed by atoms with E-state index in [4.69, 9.17) is 10.5 Å². The van der Waals surface area contributed by atoms with Crippen LogP contribution >= 0.6 is 0 Å². The van der Waals surface area contributed by atoms with E-state index < -0.39 is 5.91 Å². The summed E-state index contributed by atoms with van der Waals surface area (Å²) in [6.45, 7) is 9.78. The van der Waals surface area contributed by atoms with Crippen LogP contribution in [0.1, 0.15) is 41.0 Å². The summed E-state index contributed by atoms with van der Waals surface area (Å²) < 4.78 is 4.94. The Morgan fingerprint density at radius 1 is 1.38 bits per heavy atom. The second-order valence-electron chi connectivity index (χ2n) is 4.33. The maximum absolute atomic E-state index is 11.1. The lowest BCUT2D eigenvalue weighted by atomic mass is 9.82. The van der Waals surface area contributed by atoms with E-state index in [1.54, 1.807) is 6.92 Å². The predicted octanol–water partition coefficient (Wildman–Crippen LogP) is 1.72. The van der Waals surface area contributed by atoms with E-state index in [1.807, 2.05) is 27.7 Å². The molecule has 1 amide bonds. The summed E-state index contributed by atoms with van der Waals surface area (Å²) >= 11 is 0. The van der Waals surface area contributed by atoms with E-state index >= 15 is 0 Å². The number of carbonyl (C=O) groups excluding carboxylic acids is 2. The van der Waals surface area contributed by atoms with Crippen LogP contribution in [-0.2, 0) is 14.3 Å². The molecule has 1 aliphatic rings. The molecule has 0 spiro atoms. The Labute approximate surface area is 97.5 Å². The molecule has 0 saturated carbocycles. The van der Waals surface area contributed by atoms with Crippen LogP contribution in [0.2, 0.25) is 0 Å². The minimum Gasteiger partial charge on any atom is -0.460 e. The van der Waals surface area contributed by atoms with Crippen molar-refractivity contribution in [1.82, 2.24) is 0 Å². The Bertz CT molecular complexity index is 251. The van der Waals surface area contributed by atoms with Crippen LogP contribution < -0.4 is 5.73 Å². The van der Waals surface area contributed by atoms with Gasteiger partial charge in [-0.3, -0.25) is 9.59 Å². The highest BCUT2D eigenvalue weighted by molar-refractivity contribution is 5.83. The molecule has 0 aromatic rings. The van der Waals surface area contributed by atoms with Gasteiger partial charge in [0.05, 0.1) is 11.8 Å². The van der Waals surface area contributed by atoms with E-state index in [9.17, 15) is 9.59 Å². The predicted molar refractivity (Wildman–Crippen MR) is 62.5 cm³/mol. The summed E-state index contributed by atoms with van der Waals surface area (Å²) in [4.78, 5) is 22.0. The summed E-state index contributed by atoms with van der Waals surface area (Å²) in [7, 11) is 0. The van der Waals surface area contributed by atoms with E-state index in [-0.39, 0.29) is 23.9 Å². The molecule has 0 aromatic carbocycles. The van der Waals surface area contributed by atoms with Gasteiger partial charge in [0.25, 0.3) is 0 Å². The summed E-state index contributed by atoms with van der Waals surface area (Å²) in [6.07, 6.45) is 0.462. The molecule has 1 fully saturated rings. The van der Waals surface area contributed by atoms with Gasteiger partial charge in [-0.1, -0.05) is 34.6 Å². The molecule has 3 unspecified atom stereocenters. The lowest BCUT2D eigenvalue weighted by molar-refractivity contribution is -0.192. The molecule has 4 nitrogen and oxygen atoms in total. The van der Waals surface area contributed by atoms with Crippen molar-refractivity contribution in [2.45, 2.75) is 47.1 Å². The zero-order valence-electron chi connectivity index (χ0n) is 10.8. The number of hydrogen-bond acceptors (Lipinski definition) is 3. The van der Waals surface area contributed by atoms with Crippen LogP contribution in [0, 0.1) is 17.8 Å². The molecule has 4 heteroatoms. The summed E-state index contributed by atoms with van der Waals surface area (Å²) in [6, 6.07) is 0. The number of carbonyl (C=O) groups is 2. The van der Waals surface area contributed by atoms with Crippen molar-refractivity contribution in [3.63, 3.8) is 0 Å². The highest BCUT2D eigenvalue weighted by Gasteiger charge is 2.46. The highest BCUT2D eigenvalue weighted by atomic mass is 16.6. The van der Waals surface area contributed by atoms with Crippen LogP contribution in [0.4, 0.5) is 0 Å². The first kappa shape index (κ1) is 14.9. The van der Waals surface area contributed by atoms with E-state index in [0.29, 0.717) is 5.92 Å². The van der Waals surface area contributed by atoms with Crippen molar-refractivity contribution in [2.24, 2.45) is 23.5 Å². The Kier molecular flexibility index (Phi) is 6.08. The van der Waals surface area contributed by atoms with Crippen LogP contribution in [-0.4, -0.2) is 18.0 Å². The molecule has 1 rings (SSSR count). The van der Waals surface area contributed by atoms with Gasteiger partial charge in [-0.05, 0) is 12.3 Å². The third kappa shape index (κ3) is 3.51. The Morgan fingerprint density at radius 2 is 1.88 bits per heavy atom. The van der Waals surface area contributed by atoms with Gasteiger partial charge < -0.3 is 10.5 Å². The first-order chi connectivity index (χ1) is 7.43. The molecular weight excluding hydrogens is 206 g/mol. The highest BCUT2D eigenvalue weighted by Crippen LogP contribution is 2.33. The van der Waals surface area contributed by atoms with Crippen LogP contribution in [0.25, 0.3) is 0 Å². The second-order valence-corrected chi connectivity index (χ2v) is 4.33. The number of amides is 1. The fourth-order valence-electron chi connectivity index (χ4n) is 1.72. The zero-order valence-corrected chi connectivity index (χ0v) is 10.8. The molecule has 94 valence electrons. The fourth-order valence-corrected chi connectivity index (χ4v) is 1.72. The normalized spacial score (nSPS) is 25.0. The molecule has 2 N–H and O–H groups in total. The van der Waals surface area contributed by atoms with Gasteiger partial charge >= 0.3 is 5.97 Å². The van der Waals surface area contributed by atoms with E-state index in [2.05, 4.69) is 0 Å². The molecular formula is C12H23NO3. The zero-order chi connectivity index (χ0) is 12.9. The monoisotopic (exact) mass is 229 g/mol. The van der Waals surface area contributed by atoms with Crippen molar-refractivity contribution in [3.8, 4) is 0 Å². The summed E-state index contributed by atoms with van der Waals surface area (Å²) in [5.41, 5.74) is 5.15. The van der Waals surface area contributed by atoms with Crippen molar-refractivity contribution < 1.29 is 14.3 Å². The minimum absolute atomic E-state index is 0.141. The number of nitrogens with two attached hydrogens (primary N) is 1. The average Bonchev–Trinajstić information content (AvgIpc) is 2.24. The molecule has 0 bridgehead atoms. The molecule has 0 aromatic heterocycles. The SMILES string of the molecule is CC.CC(C)CC1C(=O)OC1C(C)C(N)=O. The quantitative estimate of drug-likeness (QED) is 0.746. The van der Waals surface area contributed by atoms with Crippen molar-refractivity contribution in [1.29, 1.82) is 0 Å². The van der Waals surface area contributed by atoms with E-state index in [0.717, 1.165) is 6.42 Å². The molecule has 0 aliphatic carbocycles. The number of hydrogen-bond donors (Lipinski definition) is 1. The molecule has 0 radical (unpaired) electrons. The van der Waals surface area contributed by atoms with Gasteiger partial charge in [0.15, 0.2) is 0 Å². The lowest BCUT2D eigenvalue weighted by Crippen LogP contribution is -2.52. The van der Waals surface area contributed by atoms with Gasteiger partial charge in [-0.15, -0.1) is 0 Å². The molecule has 1 saturated heterocycles. The maximum atomic E-state index is 11.1. The van der Waals surface area contributed by atoms with Crippen molar-refractivity contribution in [2.75, 3.05) is 0 Å². The first-order valence-corrected chi connectivity index (χ1v) is 5.93. The molecule has 16 heavy (non-hydrogen) atoms. The fraction of sp³-hybridized carbons (Fsp3) is 0.833. The van der Waals surface area contributed by atoms with Crippen molar-refractivity contribution >= 4 is 11.9 Å². The Morgan fingerprint density at radius 3 is 2.19 bits per heavy atom. The third-order valence-electron chi connectivity index (χ3n) is 2.62. The van der Waals surface area contributed by atoms with Gasteiger partial charge in [-0.2, -0.15) is 0 Å². The third-order valence-corrected chi connectivity index (χ3v) is 2.62. The average molecular weight is 229 g/mol. The number of ether oxygens (including phenoxy) is 1. The summed E-state index contributed by atoms with van der Waals surface area (Å²) in [5.74, 6) is -0.697. The topological polar surface area (TPSA) is 69.4 Å². The number of primary amides is 1. The van der Waals surface area contributed by atoms with Gasteiger partial charge in [0.1, 0.15) is 6.10 Å². The van der Waals surface area contributed by atoms with Gasteiger partial charge in [0, 0.05) is 0 Å². The molecule has 3 atom stereocenters.